The van der Waals surface area contributed by atoms with Gasteiger partial charge >= 0.3 is 0 Å². The molecule has 0 aromatic carbocycles. The normalized spacial score (nSPS) is 23.1. The first-order chi connectivity index (χ1) is 10.0. The van der Waals surface area contributed by atoms with Crippen molar-refractivity contribution in [2.45, 2.75) is 65.0 Å². The molecule has 3 rings (SSSR count). The van der Waals surface area contributed by atoms with Crippen LogP contribution in [0.5, 0.6) is 0 Å². The average Bonchev–Trinajstić information content (AvgIpc) is 2.90. The quantitative estimate of drug-likeness (QED) is 0.941. The fraction of sp³-hybridized carbons (Fsp3) is 0.733. The molecule has 116 valence electrons. The fourth-order valence-corrected chi connectivity index (χ4v) is 3.62. The smallest absolute Gasteiger partial charge is 0.222 e. The lowest BCUT2D eigenvalue weighted by Gasteiger charge is -2.41. The number of nitrogens with two attached hydrogens (primary N) is 1. The van der Waals surface area contributed by atoms with Crippen LogP contribution in [0.25, 0.3) is 11.2 Å². The van der Waals surface area contributed by atoms with E-state index in [2.05, 4.69) is 40.5 Å². The lowest BCUT2D eigenvalue weighted by molar-refractivity contribution is 0.341. The van der Waals surface area contributed by atoms with Gasteiger partial charge < -0.3 is 10.7 Å². The fourth-order valence-electron chi connectivity index (χ4n) is 3.62. The molecular weight excluding hydrogens is 264 g/mol. The molecule has 0 spiro atoms. The van der Waals surface area contributed by atoms with Gasteiger partial charge in [0, 0.05) is 19.1 Å². The molecule has 0 aliphatic carbocycles. The number of aromatic nitrogens is 4. The lowest BCUT2D eigenvalue weighted by atomic mass is 10.00. The van der Waals surface area contributed by atoms with E-state index in [1.54, 1.807) is 0 Å². The van der Waals surface area contributed by atoms with Crippen molar-refractivity contribution >= 4 is 17.1 Å². The van der Waals surface area contributed by atoms with E-state index in [1.807, 2.05) is 11.7 Å². The summed E-state index contributed by atoms with van der Waals surface area (Å²) in [7, 11) is 1.98. The van der Waals surface area contributed by atoms with Crippen molar-refractivity contribution in [1.82, 2.24) is 19.4 Å². The molecule has 0 radical (unpaired) electrons. The topological polar surface area (TPSA) is 64.9 Å². The van der Waals surface area contributed by atoms with Gasteiger partial charge in [-0.3, -0.25) is 0 Å². The van der Waals surface area contributed by atoms with Crippen LogP contribution >= 0.6 is 0 Å². The maximum absolute atomic E-state index is 6.26. The van der Waals surface area contributed by atoms with E-state index in [9.17, 15) is 0 Å². The Morgan fingerprint density at radius 2 is 1.90 bits per heavy atom. The lowest BCUT2D eigenvalue weighted by Crippen LogP contribution is -2.51. The van der Waals surface area contributed by atoms with Crippen LogP contribution in [-0.2, 0) is 13.5 Å². The molecule has 2 N–H and O–H groups in total. The summed E-state index contributed by atoms with van der Waals surface area (Å²) in [6.45, 7) is 6.70. The summed E-state index contributed by atoms with van der Waals surface area (Å²) in [6, 6.07) is 0.941. The SMILES string of the molecule is CCCc1nn(C)c2c1nc(N)n2N1C(C)CCCC1C. The van der Waals surface area contributed by atoms with Crippen LogP contribution in [0.3, 0.4) is 0 Å². The van der Waals surface area contributed by atoms with Crippen molar-refractivity contribution in [1.29, 1.82) is 0 Å². The van der Waals surface area contributed by atoms with Crippen LogP contribution in [0.2, 0.25) is 0 Å². The van der Waals surface area contributed by atoms with Gasteiger partial charge in [0.1, 0.15) is 5.52 Å². The summed E-state index contributed by atoms with van der Waals surface area (Å²) in [5.41, 5.74) is 9.29. The molecule has 1 fully saturated rings. The maximum atomic E-state index is 6.26. The number of fused-ring (bicyclic) bond motifs is 1. The van der Waals surface area contributed by atoms with Gasteiger partial charge in [-0.1, -0.05) is 13.3 Å². The van der Waals surface area contributed by atoms with Crippen LogP contribution < -0.4 is 10.7 Å². The van der Waals surface area contributed by atoms with Gasteiger partial charge in [-0.05, 0) is 39.5 Å². The first-order valence-corrected chi connectivity index (χ1v) is 8.03. The van der Waals surface area contributed by atoms with Gasteiger partial charge in [0.2, 0.25) is 5.95 Å². The van der Waals surface area contributed by atoms with Crippen molar-refractivity contribution in [3.63, 3.8) is 0 Å². The molecule has 3 heterocycles. The van der Waals surface area contributed by atoms with Crippen molar-refractivity contribution in [2.75, 3.05) is 10.7 Å². The maximum Gasteiger partial charge on any atom is 0.222 e. The molecule has 2 atom stereocenters. The first-order valence-electron chi connectivity index (χ1n) is 8.03. The van der Waals surface area contributed by atoms with E-state index in [0.29, 0.717) is 18.0 Å². The Bertz CT molecular complexity index is 630. The molecule has 2 aromatic heterocycles. The zero-order chi connectivity index (χ0) is 15.1. The largest absolute Gasteiger partial charge is 0.368 e. The molecule has 2 aromatic rings. The van der Waals surface area contributed by atoms with Crippen LogP contribution in [0.15, 0.2) is 0 Å². The minimum Gasteiger partial charge on any atom is -0.368 e. The minimum absolute atomic E-state index is 0.470. The Balaban J connectivity index is 2.15. The third kappa shape index (κ3) is 2.17. The van der Waals surface area contributed by atoms with Crippen molar-refractivity contribution in [3.8, 4) is 0 Å². The number of rotatable bonds is 3. The molecule has 21 heavy (non-hydrogen) atoms. The summed E-state index contributed by atoms with van der Waals surface area (Å²) >= 11 is 0. The van der Waals surface area contributed by atoms with E-state index in [-0.39, 0.29) is 0 Å². The molecule has 2 unspecified atom stereocenters. The number of imidazole rings is 1. The Morgan fingerprint density at radius 1 is 1.24 bits per heavy atom. The molecule has 1 saturated heterocycles. The summed E-state index contributed by atoms with van der Waals surface area (Å²) < 4.78 is 4.02. The van der Waals surface area contributed by atoms with Gasteiger partial charge in [0.25, 0.3) is 0 Å². The van der Waals surface area contributed by atoms with E-state index in [1.165, 1.54) is 19.3 Å². The highest BCUT2D eigenvalue weighted by Gasteiger charge is 2.30. The van der Waals surface area contributed by atoms with Crippen LogP contribution in [-0.4, -0.2) is 31.5 Å². The summed E-state index contributed by atoms with van der Waals surface area (Å²) in [5.74, 6) is 0.580. The van der Waals surface area contributed by atoms with Crippen LogP contribution in [0.1, 0.15) is 52.1 Å². The Hall–Kier alpha value is -1.72. The van der Waals surface area contributed by atoms with E-state index in [4.69, 9.17) is 5.73 Å². The monoisotopic (exact) mass is 290 g/mol. The van der Waals surface area contributed by atoms with Crippen molar-refractivity contribution in [3.05, 3.63) is 5.69 Å². The molecule has 6 heteroatoms. The van der Waals surface area contributed by atoms with Crippen molar-refractivity contribution in [2.24, 2.45) is 7.05 Å². The second kappa shape index (κ2) is 5.24. The highest BCUT2D eigenvalue weighted by molar-refractivity contribution is 5.78. The van der Waals surface area contributed by atoms with E-state index >= 15 is 0 Å². The Labute approximate surface area is 125 Å². The molecule has 1 aliphatic rings. The summed E-state index contributed by atoms with van der Waals surface area (Å²) in [4.78, 5) is 4.61. The number of anilines is 1. The molecule has 0 bridgehead atoms. The van der Waals surface area contributed by atoms with Crippen molar-refractivity contribution < 1.29 is 0 Å². The van der Waals surface area contributed by atoms with Gasteiger partial charge in [-0.15, -0.1) is 0 Å². The number of hydrogen-bond donors (Lipinski definition) is 1. The summed E-state index contributed by atoms with van der Waals surface area (Å²) in [5, 5.41) is 7.02. The van der Waals surface area contributed by atoms with E-state index in [0.717, 1.165) is 29.7 Å². The Morgan fingerprint density at radius 3 is 2.52 bits per heavy atom. The Kier molecular flexibility index (Phi) is 3.55. The predicted octanol–water partition coefficient (Wildman–Crippen LogP) is 2.20. The number of nitrogens with zero attached hydrogens (tertiary/aromatic N) is 5. The minimum atomic E-state index is 0.470. The third-order valence-corrected chi connectivity index (χ3v) is 4.57. The van der Waals surface area contributed by atoms with E-state index < -0.39 is 0 Å². The summed E-state index contributed by atoms with van der Waals surface area (Å²) in [6.07, 6.45) is 5.68. The van der Waals surface area contributed by atoms with Gasteiger partial charge in [-0.25, -0.2) is 14.3 Å². The molecule has 6 nitrogen and oxygen atoms in total. The molecule has 1 aliphatic heterocycles. The number of piperidine rings is 1. The molecule has 0 saturated carbocycles. The highest BCUT2D eigenvalue weighted by atomic mass is 15.6. The highest BCUT2D eigenvalue weighted by Crippen LogP contribution is 2.28. The van der Waals surface area contributed by atoms with Gasteiger partial charge in [0.15, 0.2) is 5.65 Å². The second-order valence-corrected chi connectivity index (χ2v) is 6.28. The van der Waals surface area contributed by atoms with Crippen LogP contribution in [0, 0.1) is 0 Å². The van der Waals surface area contributed by atoms with Gasteiger partial charge in [-0.2, -0.15) is 5.10 Å². The third-order valence-electron chi connectivity index (χ3n) is 4.57. The molecule has 0 amide bonds. The zero-order valence-electron chi connectivity index (χ0n) is 13.5. The van der Waals surface area contributed by atoms with Crippen LogP contribution in [0.4, 0.5) is 5.95 Å². The first kappa shape index (κ1) is 14.2. The molecular formula is C15H26N6. The average molecular weight is 290 g/mol. The number of nitrogen functional groups attached to an aromatic ring is 1. The zero-order valence-corrected chi connectivity index (χ0v) is 13.5. The standard InChI is InChI=1S/C15H26N6/c1-5-7-12-13-14(19(4)18-12)21(15(16)17-13)20-10(2)8-6-9-11(20)3/h10-11H,5-9H2,1-4H3,(H2,16,17). The number of aryl methyl sites for hydroxylation is 2. The number of hydrogen-bond acceptors (Lipinski definition) is 4. The second-order valence-electron chi connectivity index (χ2n) is 6.28. The predicted molar refractivity (Wildman–Crippen MR) is 85.9 cm³/mol. The van der Waals surface area contributed by atoms with Gasteiger partial charge in [0.05, 0.1) is 5.69 Å².